The highest BCUT2D eigenvalue weighted by Gasteiger charge is 2.77. The fourth-order valence-corrected chi connectivity index (χ4v) is 5.49. The monoisotopic (exact) mass is 339 g/mol. The second-order valence-electron chi connectivity index (χ2n) is 7.13. The van der Waals surface area contributed by atoms with Gasteiger partial charge in [-0.3, -0.25) is 4.31 Å². The molecule has 6 heteroatoms. The Labute approximate surface area is 135 Å². The van der Waals surface area contributed by atoms with Crippen LogP contribution in [0.15, 0.2) is 41.4 Å². The minimum Gasteiger partial charge on any atom is -0.273 e. The SMILES string of the molecule is Cc1ccc(S(=O)(=O)N2C=C[C@@]3(C(F)F)C[C@@]3(C3CC3)C2)cc1. The molecule has 0 spiro atoms. The molecule has 2 fully saturated rings. The molecule has 0 radical (unpaired) electrons. The molecule has 2 atom stereocenters. The molecular weight excluding hydrogens is 320 g/mol. The van der Waals surface area contributed by atoms with Crippen LogP contribution in [0.2, 0.25) is 0 Å². The van der Waals surface area contributed by atoms with Gasteiger partial charge in [0.2, 0.25) is 6.43 Å². The van der Waals surface area contributed by atoms with Crippen LogP contribution in [0.4, 0.5) is 8.78 Å². The van der Waals surface area contributed by atoms with Crippen molar-refractivity contribution in [3.05, 3.63) is 42.1 Å². The molecule has 23 heavy (non-hydrogen) atoms. The van der Waals surface area contributed by atoms with Crippen molar-refractivity contribution in [2.75, 3.05) is 6.54 Å². The first kappa shape index (κ1) is 15.1. The Morgan fingerprint density at radius 2 is 1.87 bits per heavy atom. The maximum atomic E-state index is 13.6. The van der Waals surface area contributed by atoms with E-state index in [2.05, 4.69) is 0 Å². The molecule has 0 amide bonds. The standard InChI is InChI=1S/C17H19F2NO2S/c1-12-2-6-14(7-3-12)23(21,22)20-9-8-16(15(18)19)10-17(16,11-20)13-4-5-13/h2-3,6-9,13,15H,4-5,10-11H2,1H3/t16-,17-/m0/s1. The molecular formula is C17H19F2NO2S. The molecule has 0 unspecified atom stereocenters. The molecule has 1 aromatic carbocycles. The van der Waals surface area contributed by atoms with Crippen molar-refractivity contribution in [2.24, 2.45) is 16.7 Å². The van der Waals surface area contributed by atoms with Gasteiger partial charge in [0.25, 0.3) is 10.0 Å². The first-order valence-corrected chi connectivity index (χ1v) is 9.32. The maximum Gasteiger partial charge on any atom is 0.263 e. The number of nitrogens with zero attached hydrogens (tertiary/aromatic N) is 1. The molecule has 0 bridgehead atoms. The van der Waals surface area contributed by atoms with Crippen molar-refractivity contribution in [3.63, 3.8) is 0 Å². The number of hydrogen-bond acceptors (Lipinski definition) is 2. The van der Waals surface area contributed by atoms with Crippen LogP contribution in [0, 0.1) is 23.7 Å². The summed E-state index contributed by atoms with van der Waals surface area (Å²) in [6.07, 6.45) is 2.64. The fourth-order valence-electron chi connectivity index (χ4n) is 4.12. The molecule has 124 valence electrons. The van der Waals surface area contributed by atoms with Crippen LogP contribution in [0.1, 0.15) is 24.8 Å². The largest absolute Gasteiger partial charge is 0.273 e. The quantitative estimate of drug-likeness (QED) is 0.841. The molecule has 0 aromatic heterocycles. The Morgan fingerprint density at radius 3 is 2.43 bits per heavy atom. The van der Waals surface area contributed by atoms with Crippen LogP contribution in [-0.2, 0) is 10.0 Å². The Kier molecular flexibility index (Phi) is 3.00. The summed E-state index contributed by atoms with van der Waals surface area (Å²) in [6, 6.07) is 6.64. The van der Waals surface area contributed by atoms with Gasteiger partial charge in [0.15, 0.2) is 0 Å². The van der Waals surface area contributed by atoms with Gasteiger partial charge in [-0.1, -0.05) is 23.8 Å². The number of halogens is 2. The van der Waals surface area contributed by atoms with Gasteiger partial charge >= 0.3 is 0 Å². The number of hydrogen-bond donors (Lipinski definition) is 0. The molecule has 2 saturated carbocycles. The van der Waals surface area contributed by atoms with Crippen molar-refractivity contribution in [1.82, 2.24) is 4.31 Å². The minimum absolute atomic E-state index is 0.175. The van der Waals surface area contributed by atoms with E-state index >= 15 is 0 Å². The van der Waals surface area contributed by atoms with Gasteiger partial charge < -0.3 is 0 Å². The predicted molar refractivity (Wildman–Crippen MR) is 82.4 cm³/mol. The third kappa shape index (κ3) is 2.00. The highest BCUT2D eigenvalue weighted by atomic mass is 32.2. The van der Waals surface area contributed by atoms with Crippen LogP contribution in [0.3, 0.4) is 0 Å². The maximum absolute atomic E-state index is 13.6. The second kappa shape index (κ2) is 4.56. The average Bonchev–Trinajstić information content (AvgIpc) is 3.38. The first-order chi connectivity index (χ1) is 10.8. The van der Waals surface area contributed by atoms with Gasteiger partial charge in [0.1, 0.15) is 0 Å². The summed E-state index contributed by atoms with van der Waals surface area (Å²) in [6.45, 7) is 2.06. The smallest absolute Gasteiger partial charge is 0.263 e. The molecule has 3 aliphatic rings. The number of fused-ring (bicyclic) bond motifs is 1. The Balaban J connectivity index is 1.69. The van der Waals surface area contributed by atoms with Gasteiger partial charge in [-0.15, -0.1) is 0 Å². The Hall–Kier alpha value is -1.43. The van der Waals surface area contributed by atoms with E-state index in [9.17, 15) is 17.2 Å². The minimum atomic E-state index is -3.68. The number of allylic oxidation sites excluding steroid dienone is 1. The molecule has 4 rings (SSSR count). The van der Waals surface area contributed by atoms with Crippen molar-refractivity contribution < 1.29 is 17.2 Å². The highest BCUT2D eigenvalue weighted by molar-refractivity contribution is 7.89. The van der Waals surface area contributed by atoms with E-state index in [1.165, 1.54) is 16.6 Å². The molecule has 0 N–H and O–H groups in total. The first-order valence-electron chi connectivity index (χ1n) is 7.88. The van der Waals surface area contributed by atoms with Gasteiger partial charge in [-0.05, 0) is 44.2 Å². The molecule has 3 nitrogen and oxygen atoms in total. The lowest BCUT2D eigenvalue weighted by molar-refractivity contribution is 0.0488. The van der Waals surface area contributed by atoms with Crippen molar-refractivity contribution in [1.29, 1.82) is 0 Å². The fraction of sp³-hybridized carbons (Fsp3) is 0.529. The van der Waals surface area contributed by atoms with Gasteiger partial charge in [-0.25, -0.2) is 17.2 Å². The summed E-state index contributed by atoms with van der Waals surface area (Å²) in [5.74, 6) is 0.233. The van der Waals surface area contributed by atoms with Gasteiger partial charge in [-0.2, -0.15) is 0 Å². The van der Waals surface area contributed by atoms with Crippen molar-refractivity contribution in [2.45, 2.75) is 37.5 Å². The molecule has 2 aliphatic carbocycles. The molecule has 1 heterocycles. The van der Waals surface area contributed by atoms with Crippen molar-refractivity contribution in [3.8, 4) is 0 Å². The van der Waals surface area contributed by atoms with Crippen LogP contribution < -0.4 is 0 Å². The summed E-state index contributed by atoms with van der Waals surface area (Å²) in [7, 11) is -3.68. The summed E-state index contributed by atoms with van der Waals surface area (Å²) in [4.78, 5) is 0.212. The van der Waals surface area contributed by atoms with E-state index in [4.69, 9.17) is 0 Å². The second-order valence-corrected chi connectivity index (χ2v) is 9.02. The van der Waals surface area contributed by atoms with E-state index in [-0.39, 0.29) is 17.4 Å². The zero-order chi connectivity index (χ0) is 16.5. The van der Waals surface area contributed by atoms with Crippen LogP contribution >= 0.6 is 0 Å². The number of sulfonamides is 1. The van der Waals surface area contributed by atoms with Crippen LogP contribution in [0.25, 0.3) is 0 Å². The number of aryl methyl sites for hydroxylation is 1. The Morgan fingerprint density at radius 1 is 1.22 bits per heavy atom. The zero-order valence-electron chi connectivity index (χ0n) is 12.9. The third-order valence-corrected chi connectivity index (χ3v) is 7.50. The predicted octanol–water partition coefficient (Wildman–Crippen LogP) is 3.56. The summed E-state index contributed by atoms with van der Waals surface area (Å²) >= 11 is 0. The van der Waals surface area contributed by atoms with E-state index in [0.29, 0.717) is 6.42 Å². The van der Waals surface area contributed by atoms with Crippen LogP contribution in [0.5, 0.6) is 0 Å². The summed E-state index contributed by atoms with van der Waals surface area (Å²) < 4.78 is 54.0. The number of rotatable bonds is 4. The van der Waals surface area contributed by atoms with E-state index in [0.717, 1.165) is 18.4 Å². The van der Waals surface area contributed by atoms with Gasteiger partial charge in [0, 0.05) is 18.2 Å². The highest BCUT2D eigenvalue weighted by Crippen LogP contribution is 2.77. The number of alkyl halides is 2. The average molecular weight is 339 g/mol. The molecule has 0 saturated heterocycles. The topological polar surface area (TPSA) is 37.4 Å². The normalized spacial score (nSPS) is 33.0. The van der Waals surface area contributed by atoms with E-state index in [1.807, 2.05) is 6.92 Å². The molecule has 1 aromatic rings. The zero-order valence-corrected chi connectivity index (χ0v) is 13.7. The van der Waals surface area contributed by atoms with E-state index < -0.39 is 27.3 Å². The van der Waals surface area contributed by atoms with Crippen molar-refractivity contribution >= 4 is 10.0 Å². The summed E-state index contributed by atoms with van der Waals surface area (Å²) in [5, 5.41) is 0. The lowest BCUT2D eigenvalue weighted by atomic mass is 9.86. The number of benzene rings is 1. The Bertz CT molecular complexity index is 770. The van der Waals surface area contributed by atoms with Gasteiger partial charge in [0.05, 0.1) is 10.3 Å². The lowest BCUT2D eigenvalue weighted by Crippen LogP contribution is -2.40. The van der Waals surface area contributed by atoms with Crippen LogP contribution in [-0.4, -0.2) is 25.7 Å². The molecule has 1 aliphatic heterocycles. The lowest BCUT2D eigenvalue weighted by Gasteiger charge is -2.33. The summed E-state index contributed by atoms with van der Waals surface area (Å²) in [5.41, 5.74) is -0.687. The third-order valence-electron chi connectivity index (χ3n) is 5.76. The van der Waals surface area contributed by atoms with E-state index in [1.54, 1.807) is 24.3 Å².